The summed E-state index contributed by atoms with van der Waals surface area (Å²) in [4.78, 5) is 19.0. The SMILES string of the molecule is CCCN1CC2(CCN(C)CC2)C[C@H]1C(=O)NCCc1cccs1. The molecular weight excluding hydrogens is 318 g/mol. The standard InChI is InChI=1S/C19H31N3OS/c1-3-10-22-15-19(7-11-21(2)12-8-19)14-17(22)18(23)20-9-6-16-5-4-13-24-16/h4-5,13,17H,3,6-12,14-15H2,1-2H3,(H,20,23)/t17-/m0/s1. The lowest BCUT2D eigenvalue weighted by Gasteiger charge is -2.37. The van der Waals surface area contributed by atoms with Crippen molar-refractivity contribution in [2.75, 3.05) is 39.8 Å². The van der Waals surface area contributed by atoms with Gasteiger partial charge in [-0.15, -0.1) is 11.3 Å². The molecule has 2 saturated heterocycles. The van der Waals surface area contributed by atoms with E-state index in [1.165, 1.54) is 30.8 Å². The summed E-state index contributed by atoms with van der Waals surface area (Å²) >= 11 is 1.77. The van der Waals surface area contributed by atoms with E-state index in [9.17, 15) is 4.79 Å². The van der Waals surface area contributed by atoms with Gasteiger partial charge in [0.1, 0.15) is 0 Å². The fourth-order valence-corrected chi connectivity index (χ4v) is 4.97. The number of carbonyl (C=O) groups is 1. The first-order valence-corrected chi connectivity index (χ1v) is 10.2. The molecule has 1 aromatic rings. The van der Waals surface area contributed by atoms with Crippen LogP contribution in [0.3, 0.4) is 0 Å². The first-order chi connectivity index (χ1) is 11.6. The summed E-state index contributed by atoms with van der Waals surface area (Å²) in [6.07, 6.45) is 5.59. The minimum atomic E-state index is 0.0803. The summed E-state index contributed by atoms with van der Waals surface area (Å²) in [5.74, 6) is 0.246. The van der Waals surface area contributed by atoms with Crippen molar-refractivity contribution in [3.05, 3.63) is 22.4 Å². The van der Waals surface area contributed by atoms with Crippen molar-refractivity contribution < 1.29 is 4.79 Å². The van der Waals surface area contributed by atoms with Crippen LogP contribution in [0.5, 0.6) is 0 Å². The molecule has 0 aromatic carbocycles. The van der Waals surface area contributed by atoms with E-state index in [0.717, 1.165) is 38.9 Å². The third-order valence-corrected chi connectivity index (χ3v) is 6.65. The molecule has 0 bridgehead atoms. The Morgan fingerprint density at radius 2 is 2.21 bits per heavy atom. The summed E-state index contributed by atoms with van der Waals surface area (Å²) in [6, 6.07) is 4.30. The van der Waals surface area contributed by atoms with Gasteiger partial charge in [0.2, 0.25) is 5.91 Å². The quantitative estimate of drug-likeness (QED) is 0.857. The largest absolute Gasteiger partial charge is 0.354 e. The monoisotopic (exact) mass is 349 g/mol. The van der Waals surface area contributed by atoms with Gasteiger partial charge in [0.25, 0.3) is 0 Å². The van der Waals surface area contributed by atoms with Crippen LogP contribution >= 0.6 is 11.3 Å². The van der Waals surface area contributed by atoms with Gasteiger partial charge in [-0.1, -0.05) is 13.0 Å². The number of nitrogens with one attached hydrogen (secondary N) is 1. The Labute approximate surface area is 150 Å². The Kier molecular flexibility index (Phi) is 5.95. The zero-order valence-corrected chi connectivity index (χ0v) is 15.9. The molecule has 1 aromatic heterocycles. The van der Waals surface area contributed by atoms with Gasteiger partial charge in [-0.25, -0.2) is 0 Å². The van der Waals surface area contributed by atoms with Crippen molar-refractivity contribution in [3.8, 4) is 0 Å². The number of piperidine rings is 1. The van der Waals surface area contributed by atoms with E-state index in [4.69, 9.17) is 0 Å². The van der Waals surface area contributed by atoms with E-state index in [1.54, 1.807) is 11.3 Å². The molecule has 5 heteroatoms. The Bertz CT molecular complexity index is 523. The highest BCUT2D eigenvalue weighted by molar-refractivity contribution is 7.09. The van der Waals surface area contributed by atoms with Gasteiger partial charge in [0.15, 0.2) is 0 Å². The average molecular weight is 350 g/mol. The predicted molar refractivity (Wildman–Crippen MR) is 100 cm³/mol. The van der Waals surface area contributed by atoms with Crippen molar-refractivity contribution in [1.82, 2.24) is 15.1 Å². The smallest absolute Gasteiger partial charge is 0.237 e. The molecule has 1 spiro atoms. The summed E-state index contributed by atoms with van der Waals surface area (Å²) in [5.41, 5.74) is 0.372. The number of nitrogens with zero attached hydrogens (tertiary/aromatic N) is 2. The third-order valence-electron chi connectivity index (χ3n) is 5.72. The number of hydrogen-bond donors (Lipinski definition) is 1. The van der Waals surface area contributed by atoms with Crippen LogP contribution < -0.4 is 5.32 Å². The zero-order valence-electron chi connectivity index (χ0n) is 15.1. The van der Waals surface area contributed by atoms with Crippen LogP contribution in [-0.4, -0.2) is 61.5 Å². The Morgan fingerprint density at radius 1 is 1.42 bits per heavy atom. The highest BCUT2D eigenvalue weighted by Gasteiger charge is 2.47. The molecule has 1 amide bonds. The number of carbonyl (C=O) groups excluding carboxylic acids is 1. The number of amides is 1. The van der Waals surface area contributed by atoms with Crippen LogP contribution in [0, 0.1) is 5.41 Å². The lowest BCUT2D eigenvalue weighted by molar-refractivity contribution is -0.125. The van der Waals surface area contributed by atoms with Crippen LogP contribution in [0.2, 0.25) is 0 Å². The maximum Gasteiger partial charge on any atom is 0.237 e. The Morgan fingerprint density at radius 3 is 2.88 bits per heavy atom. The van der Waals surface area contributed by atoms with E-state index in [2.05, 4.69) is 46.6 Å². The minimum Gasteiger partial charge on any atom is -0.354 e. The van der Waals surface area contributed by atoms with E-state index in [0.29, 0.717) is 5.41 Å². The molecule has 4 nitrogen and oxygen atoms in total. The highest BCUT2D eigenvalue weighted by Crippen LogP contribution is 2.43. The van der Waals surface area contributed by atoms with E-state index < -0.39 is 0 Å². The summed E-state index contributed by atoms with van der Waals surface area (Å²) < 4.78 is 0. The van der Waals surface area contributed by atoms with Crippen LogP contribution in [0.1, 0.15) is 37.5 Å². The summed E-state index contributed by atoms with van der Waals surface area (Å²) in [7, 11) is 2.21. The lowest BCUT2D eigenvalue weighted by atomic mass is 9.76. The van der Waals surface area contributed by atoms with Gasteiger partial charge in [-0.3, -0.25) is 9.69 Å². The minimum absolute atomic E-state index is 0.0803. The first-order valence-electron chi connectivity index (χ1n) is 9.34. The number of thiophene rings is 1. The maximum absolute atomic E-state index is 12.8. The van der Waals surface area contributed by atoms with Crippen LogP contribution in [-0.2, 0) is 11.2 Å². The third kappa shape index (κ3) is 4.19. The molecule has 3 rings (SSSR count). The summed E-state index contributed by atoms with van der Waals surface area (Å²) in [6.45, 7) is 7.47. The highest BCUT2D eigenvalue weighted by atomic mass is 32.1. The first kappa shape index (κ1) is 17.9. The van der Waals surface area contributed by atoms with Crippen LogP contribution in [0.15, 0.2) is 17.5 Å². The number of rotatable bonds is 6. The molecular formula is C19H31N3OS. The Hall–Kier alpha value is -0.910. The van der Waals surface area contributed by atoms with Crippen molar-refractivity contribution in [3.63, 3.8) is 0 Å². The zero-order chi connectivity index (χ0) is 17.0. The molecule has 2 aliphatic heterocycles. The molecule has 0 saturated carbocycles. The molecule has 0 radical (unpaired) electrons. The van der Waals surface area contributed by atoms with Gasteiger partial charge >= 0.3 is 0 Å². The molecule has 0 unspecified atom stereocenters. The van der Waals surface area contributed by atoms with Gasteiger partial charge in [-0.05, 0) is 75.6 Å². The van der Waals surface area contributed by atoms with E-state index >= 15 is 0 Å². The number of likely N-dealkylation sites (tertiary alicyclic amines) is 2. The van der Waals surface area contributed by atoms with Crippen molar-refractivity contribution in [2.45, 2.75) is 45.1 Å². The van der Waals surface area contributed by atoms with Crippen LogP contribution in [0.4, 0.5) is 0 Å². The van der Waals surface area contributed by atoms with Crippen molar-refractivity contribution >= 4 is 17.2 Å². The second-order valence-corrected chi connectivity index (χ2v) is 8.65. The van der Waals surface area contributed by atoms with Crippen molar-refractivity contribution in [1.29, 1.82) is 0 Å². The molecule has 1 atom stereocenters. The second-order valence-electron chi connectivity index (χ2n) is 7.61. The predicted octanol–water partition coefficient (Wildman–Crippen LogP) is 2.60. The molecule has 134 valence electrons. The Balaban J connectivity index is 1.56. The van der Waals surface area contributed by atoms with Gasteiger partial charge in [0, 0.05) is 18.0 Å². The average Bonchev–Trinajstić information content (AvgIpc) is 3.20. The van der Waals surface area contributed by atoms with E-state index in [-0.39, 0.29) is 11.9 Å². The number of hydrogen-bond acceptors (Lipinski definition) is 4. The molecule has 24 heavy (non-hydrogen) atoms. The fourth-order valence-electron chi connectivity index (χ4n) is 4.26. The fraction of sp³-hybridized carbons (Fsp3) is 0.737. The molecule has 3 heterocycles. The molecule has 1 N–H and O–H groups in total. The maximum atomic E-state index is 12.8. The van der Waals surface area contributed by atoms with Crippen molar-refractivity contribution in [2.24, 2.45) is 5.41 Å². The van der Waals surface area contributed by atoms with E-state index in [1.807, 2.05) is 0 Å². The summed E-state index contributed by atoms with van der Waals surface area (Å²) in [5, 5.41) is 5.30. The molecule has 2 aliphatic rings. The lowest BCUT2D eigenvalue weighted by Crippen LogP contribution is -2.44. The molecule has 0 aliphatic carbocycles. The molecule has 2 fully saturated rings. The normalized spacial score (nSPS) is 24.5. The topological polar surface area (TPSA) is 35.6 Å². The van der Waals surface area contributed by atoms with Gasteiger partial charge in [-0.2, -0.15) is 0 Å². The second kappa shape index (κ2) is 7.98. The van der Waals surface area contributed by atoms with Gasteiger partial charge in [0.05, 0.1) is 6.04 Å². The van der Waals surface area contributed by atoms with Crippen LogP contribution in [0.25, 0.3) is 0 Å². The van der Waals surface area contributed by atoms with Gasteiger partial charge < -0.3 is 10.2 Å².